The monoisotopic (exact) mass is 457 g/mol. The fraction of sp³-hybridized carbons (Fsp3) is 0.417. The third-order valence-corrected chi connectivity index (χ3v) is 7.21. The van der Waals surface area contributed by atoms with Crippen molar-refractivity contribution in [3.8, 4) is 0 Å². The average Bonchev–Trinajstić information content (AvgIpc) is 2.78. The molecular formula is C24H31N3O4S. The van der Waals surface area contributed by atoms with Crippen LogP contribution >= 0.6 is 0 Å². The molecule has 0 atom stereocenters. The third kappa shape index (κ3) is 6.40. The van der Waals surface area contributed by atoms with Gasteiger partial charge in [0.15, 0.2) is 0 Å². The number of nitrogens with zero attached hydrogens (tertiary/aromatic N) is 1. The van der Waals surface area contributed by atoms with Crippen LogP contribution in [0, 0.1) is 5.92 Å². The van der Waals surface area contributed by atoms with E-state index in [1.165, 1.54) is 0 Å². The van der Waals surface area contributed by atoms with Gasteiger partial charge in [0.25, 0.3) is 11.8 Å². The summed E-state index contributed by atoms with van der Waals surface area (Å²) < 4.78 is 26.8. The summed E-state index contributed by atoms with van der Waals surface area (Å²) in [6.45, 7) is 5.72. The van der Waals surface area contributed by atoms with Crippen LogP contribution in [0.25, 0.3) is 0 Å². The smallest absolute Gasteiger partial charge is 0.255 e. The van der Waals surface area contributed by atoms with Gasteiger partial charge in [0, 0.05) is 25.2 Å². The predicted octanol–water partition coefficient (Wildman–Crippen LogP) is 3.64. The number of carbonyl (C=O) groups is 2. The Balaban J connectivity index is 1.66. The molecule has 32 heavy (non-hydrogen) atoms. The van der Waals surface area contributed by atoms with E-state index in [-0.39, 0.29) is 17.6 Å². The molecule has 1 saturated heterocycles. The molecule has 0 bridgehead atoms. The summed E-state index contributed by atoms with van der Waals surface area (Å²) in [4.78, 5) is 25.2. The number of hydrogen-bond acceptors (Lipinski definition) is 4. The molecule has 172 valence electrons. The van der Waals surface area contributed by atoms with Crippen LogP contribution in [0.2, 0.25) is 0 Å². The molecule has 0 saturated carbocycles. The van der Waals surface area contributed by atoms with Crippen molar-refractivity contribution in [3.63, 3.8) is 0 Å². The van der Waals surface area contributed by atoms with Gasteiger partial charge in [0.2, 0.25) is 10.0 Å². The molecule has 2 aromatic carbocycles. The fourth-order valence-electron chi connectivity index (χ4n) is 3.57. The normalized spacial score (nSPS) is 14.8. The number of sulfonamides is 1. The standard InChI is InChI=1S/C24H31N3O4S/c1-18(2)16-25-24(29)21-8-4-5-9-22(21)26-23(28)20-12-10-19(11-13-20)17-32(30,31)27-14-6-3-7-15-27/h4-5,8-13,18H,3,6-7,14-17H2,1-2H3,(H,25,29)(H,26,28). The van der Waals surface area contributed by atoms with E-state index in [1.807, 2.05) is 13.8 Å². The van der Waals surface area contributed by atoms with Gasteiger partial charge in [-0.1, -0.05) is 44.5 Å². The maximum Gasteiger partial charge on any atom is 0.255 e. The maximum absolute atomic E-state index is 12.7. The van der Waals surface area contributed by atoms with Gasteiger partial charge >= 0.3 is 0 Å². The first-order valence-electron chi connectivity index (χ1n) is 11.0. The first-order chi connectivity index (χ1) is 15.3. The van der Waals surface area contributed by atoms with E-state index in [0.717, 1.165) is 19.3 Å². The molecule has 1 heterocycles. The molecule has 0 radical (unpaired) electrons. The zero-order chi connectivity index (χ0) is 23.1. The summed E-state index contributed by atoms with van der Waals surface area (Å²) in [5, 5.41) is 5.65. The summed E-state index contributed by atoms with van der Waals surface area (Å²) >= 11 is 0. The highest BCUT2D eigenvalue weighted by molar-refractivity contribution is 7.88. The molecule has 0 unspecified atom stereocenters. The van der Waals surface area contributed by atoms with Crippen molar-refractivity contribution in [2.75, 3.05) is 25.0 Å². The zero-order valence-corrected chi connectivity index (χ0v) is 19.5. The first kappa shape index (κ1) is 23.9. The van der Waals surface area contributed by atoms with Crippen molar-refractivity contribution in [1.82, 2.24) is 9.62 Å². The molecule has 7 nitrogen and oxygen atoms in total. The lowest BCUT2D eigenvalue weighted by molar-refractivity contribution is 0.0950. The second-order valence-electron chi connectivity index (χ2n) is 8.52. The van der Waals surface area contributed by atoms with E-state index >= 15 is 0 Å². The summed E-state index contributed by atoms with van der Waals surface area (Å²) in [5.41, 5.74) is 1.85. The molecule has 2 aromatic rings. The van der Waals surface area contributed by atoms with Gasteiger partial charge in [-0.3, -0.25) is 9.59 Å². The molecule has 0 spiro atoms. The molecule has 0 aliphatic carbocycles. The Morgan fingerprint density at radius 1 is 0.938 bits per heavy atom. The van der Waals surface area contributed by atoms with Gasteiger partial charge in [0.1, 0.15) is 0 Å². The SMILES string of the molecule is CC(C)CNC(=O)c1ccccc1NC(=O)c1ccc(CS(=O)(=O)N2CCCCC2)cc1. The van der Waals surface area contributed by atoms with Gasteiger partial charge in [0.05, 0.1) is 17.0 Å². The van der Waals surface area contributed by atoms with Gasteiger partial charge < -0.3 is 10.6 Å². The maximum atomic E-state index is 12.7. The van der Waals surface area contributed by atoms with Crippen LogP contribution < -0.4 is 10.6 Å². The number of piperidine rings is 1. The van der Waals surface area contributed by atoms with E-state index in [9.17, 15) is 18.0 Å². The van der Waals surface area contributed by atoms with Crippen LogP contribution in [0.5, 0.6) is 0 Å². The summed E-state index contributed by atoms with van der Waals surface area (Å²) in [6, 6.07) is 13.4. The number of rotatable bonds is 8. The lowest BCUT2D eigenvalue weighted by Crippen LogP contribution is -2.36. The lowest BCUT2D eigenvalue weighted by atomic mass is 10.1. The Hall–Kier alpha value is -2.71. The van der Waals surface area contributed by atoms with Gasteiger partial charge in [-0.25, -0.2) is 12.7 Å². The summed E-state index contributed by atoms with van der Waals surface area (Å²) in [5.74, 6) is -0.362. The number of benzene rings is 2. The Kier molecular flexibility index (Phi) is 8.04. The van der Waals surface area contributed by atoms with E-state index in [4.69, 9.17) is 0 Å². The molecule has 8 heteroatoms. The minimum Gasteiger partial charge on any atom is -0.352 e. The Morgan fingerprint density at radius 3 is 2.25 bits per heavy atom. The van der Waals surface area contributed by atoms with Crippen LogP contribution in [-0.2, 0) is 15.8 Å². The largest absolute Gasteiger partial charge is 0.352 e. The quantitative estimate of drug-likeness (QED) is 0.633. The highest BCUT2D eigenvalue weighted by Crippen LogP contribution is 2.19. The molecule has 1 fully saturated rings. The number of anilines is 1. The van der Waals surface area contributed by atoms with Crippen LogP contribution in [0.15, 0.2) is 48.5 Å². The lowest BCUT2D eigenvalue weighted by Gasteiger charge is -2.25. The second kappa shape index (κ2) is 10.7. The Labute approximate surface area is 190 Å². The van der Waals surface area contributed by atoms with Crippen molar-refractivity contribution in [2.24, 2.45) is 5.92 Å². The molecule has 1 aliphatic heterocycles. The van der Waals surface area contributed by atoms with Crippen LogP contribution in [-0.4, -0.2) is 44.2 Å². The molecule has 2 N–H and O–H groups in total. The van der Waals surface area contributed by atoms with E-state index in [0.29, 0.717) is 47.9 Å². The van der Waals surface area contributed by atoms with Gasteiger partial charge in [-0.2, -0.15) is 0 Å². The zero-order valence-electron chi connectivity index (χ0n) is 18.6. The minimum atomic E-state index is -3.36. The molecule has 1 aliphatic rings. The number of hydrogen-bond donors (Lipinski definition) is 2. The van der Waals surface area contributed by atoms with Crippen molar-refractivity contribution < 1.29 is 18.0 Å². The van der Waals surface area contributed by atoms with Crippen LogP contribution in [0.3, 0.4) is 0 Å². The fourth-order valence-corrected chi connectivity index (χ4v) is 5.18. The van der Waals surface area contributed by atoms with Crippen molar-refractivity contribution >= 4 is 27.5 Å². The number of nitrogens with one attached hydrogen (secondary N) is 2. The predicted molar refractivity (Wildman–Crippen MR) is 126 cm³/mol. The molecular weight excluding hydrogens is 426 g/mol. The molecule has 0 aromatic heterocycles. The van der Waals surface area contributed by atoms with Gasteiger partial charge in [-0.15, -0.1) is 0 Å². The van der Waals surface area contributed by atoms with Crippen LogP contribution in [0.4, 0.5) is 5.69 Å². The molecule has 2 amide bonds. The highest BCUT2D eigenvalue weighted by Gasteiger charge is 2.24. The summed E-state index contributed by atoms with van der Waals surface area (Å²) in [7, 11) is -3.36. The van der Waals surface area contributed by atoms with Crippen LogP contribution in [0.1, 0.15) is 59.4 Å². The third-order valence-electron chi connectivity index (χ3n) is 5.36. The van der Waals surface area contributed by atoms with Crippen molar-refractivity contribution in [3.05, 3.63) is 65.2 Å². The van der Waals surface area contributed by atoms with E-state index < -0.39 is 10.0 Å². The first-order valence-corrected chi connectivity index (χ1v) is 12.6. The average molecular weight is 458 g/mol. The highest BCUT2D eigenvalue weighted by atomic mass is 32.2. The number of carbonyl (C=O) groups excluding carboxylic acids is 2. The Morgan fingerprint density at radius 2 is 1.59 bits per heavy atom. The second-order valence-corrected chi connectivity index (χ2v) is 10.5. The van der Waals surface area contributed by atoms with Crippen molar-refractivity contribution in [2.45, 2.75) is 38.9 Å². The van der Waals surface area contributed by atoms with Crippen molar-refractivity contribution in [1.29, 1.82) is 0 Å². The topological polar surface area (TPSA) is 95.6 Å². The number of amides is 2. The van der Waals surface area contributed by atoms with E-state index in [2.05, 4.69) is 10.6 Å². The van der Waals surface area contributed by atoms with E-state index in [1.54, 1.807) is 52.8 Å². The number of para-hydroxylation sites is 1. The Bertz CT molecular complexity index is 1040. The molecule has 3 rings (SSSR count). The summed E-state index contributed by atoms with van der Waals surface area (Å²) in [6.07, 6.45) is 2.86. The minimum absolute atomic E-state index is 0.0756. The van der Waals surface area contributed by atoms with Gasteiger partial charge in [-0.05, 0) is 48.6 Å².